The van der Waals surface area contributed by atoms with E-state index in [0.29, 0.717) is 0 Å². The van der Waals surface area contributed by atoms with Crippen molar-refractivity contribution in [2.24, 2.45) is 0 Å². The minimum absolute atomic E-state index is 0.450. The van der Waals surface area contributed by atoms with E-state index in [0.717, 1.165) is 50.1 Å². The first-order valence-electron chi connectivity index (χ1n) is 23.1. The fourth-order valence-corrected chi connectivity index (χ4v) is 11.4. The van der Waals surface area contributed by atoms with Crippen LogP contribution in [0.1, 0.15) is 22.3 Å². The molecule has 14 rings (SSSR count). The highest BCUT2D eigenvalue weighted by Gasteiger charge is 2.51. The number of hydrogen-bond donors (Lipinski definition) is 0. The molecule has 1 spiro atoms. The molecule has 0 unspecified atom stereocenters. The Morgan fingerprint density at radius 3 is 1.48 bits per heavy atom. The Labute approximate surface area is 389 Å². The van der Waals surface area contributed by atoms with Gasteiger partial charge in [-0.3, -0.25) is 0 Å². The van der Waals surface area contributed by atoms with Crippen LogP contribution in [0.15, 0.2) is 253 Å². The Bertz CT molecular complexity index is 3870. The lowest BCUT2D eigenvalue weighted by molar-refractivity contribution is 0.669. The van der Waals surface area contributed by atoms with Crippen molar-refractivity contribution >= 4 is 49.8 Å². The van der Waals surface area contributed by atoms with Crippen LogP contribution in [0.25, 0.3) is 88.3 Å². The minimum atomic E-state index is -0.450. The summed E-state index contributed by atoms with van der Waals surface area (Å²) in [6.45, 7) is 0. The summed E-state index contributed by atoms with van der Waals surface area (Å²) in [5.41, 5.74) is 22.2. The molecule has 0 fully saturated rings. The molecule has 2 aliphatic carbocycles. The summed E-state index contributed by atoms with van der Waals surface area (Å²) in [6.07, 6.45) is 0. The zero-order valence-electron chi connectivity index (χ0n) is 36.5. The highest BCUT2D eigenvalue weighted by Crippen LogP contribution is 2.63. The van der Waals surface area contributed by atoms with Crippen LogP contribution < -0.4 is 4.90 Å². The third kappa shape index (κ3) is 5.70. The van der Waals surface area contributed by atoms with Gasteiger partial charge in [-0.05, 0) is 149 Å². The molecule has 12 aromatic rings. The van der Waals surface area contributed by atoms with Crippen molar-refractivity contribution in [2.45, 2.75) is 5.41 Å². The van der Waals surface area contributed by atoms with Crippen LogP contribution in [-0.2, 0) is 5.41 Å². The fraction of sp³-hybridized carbons (Fsp3) is 0.0154. The number of anilines is 3. The van der Waals surface area contributed by atoms with E-state index in [-0.39, 0.29) is 0 Å². The van der Waals surface area contributed by atoms with E-state index in [1.807, 2.05) is 12.1 Å². The monoisotopic (exact) mass is 851 g/mol. The van der Waals surface area contributed by atoms with Gasteiger partial charge in [0.25, 0.3) is 0 Å². The van der Waals surface area contributed by atoms with E-state index in [1.54, 1.807) is 0 Å². The van der Waals surface area contributed by atoms with Gasteiger partial charge in [0, 0.05) is 27.8 Å². The zero-order valence-corrected chi connectivity index (χ0v) is 36.5. The molecule has 2 aliphatic rings. The van der Waals surface area contributed by atoms with E-state index in [1.165, 1.54) is 77.5 Å². The molecule has 0 saturated heterocycles. The number of furan rings is 1. The molecule has 0 aliphatic heterocycles. The largest absolute Gasteiger partial charge is 0.456 e. The van der Waals surface area contributed by atoms with Crippen LogP contribution in [-0.4, -0.2) is 0 Å². The number of rotatable bonds is 6. The van der Waals surface area contributed by atoms with Crippen molar-refractivity contribution in [1.29, 1.82) is 0 Å². The summed E-state index contributed by atoms with van der Waals surface area (Å²) in [6, 6.07) is 91.4. The molecule has 1 heterocycles. The van der Waals surface area contributed by atoms with Gasteiger partial charge in [-0.25, -0.2) is 0 Å². The first-order chi connectivity index (χ1) is 33.2. The van der Waals surface area contributed by atoms with Crippen LogP contribution in [0.2, 0.25) is 0 Å². The fourth-order valence-electron chi connectivity index (χ4n) is 11.4. The average Bonchev–Trinajstić information content (AvgIpc) is 4.03. The average molecular weight is 852 g/mol. The molecular weight excluding hydrogens is 811 g/mol. The summed E-state index contributed by atoms with van der Waals surface area (Å²) >= 11 is 0. The molecule has 0 N–H and O–H groups in total. The van der Waals surface area contributed by atoms with Gasteiger partial charge < -0.3 is 9.32 Å². The summed E-state index contributed by atoms with van der Waals surface area (Å²) in [7, 11) is 0. The molecule has 0 radical (unpaired) electrons. The van der Waals surface area contributed by atoms with Gasteiger partial charge in [-0.15, -0.1) is 0 Å². The third-order valence-electron chi connectivity index (χ3n) is 14.5. The van der Waals surface area contributed by atoms with Crippen molar-refractivity contribution in [3.05, 3.63) is 271 Å². The van der Waals surface area contributed by atoms with Crippen LogP contribution in [0.3, 0.4) is 0 Å². The first-order valence-corrected chi connectivity index (χ1v) is 23.1. The van der Waals surface area contributed by atoms with E-state index < -0.39 is 5.41 Å². The Hall–Kier alpha value is -8.72. The molecule has 2 nitrogen and oxygen atoms in total. The molecule has 0 bridgehead atoms. The standard InChI is InChI=1S/C65H41NO/c1-2-13-46-38-48(29-28-42(46)12-1)45-26-24-43(25-27-45)44-30-33-50(34-31-44)66(51-15-11-14-47(39-51)49-32-37-64-58(40-49)57-19-6-10-23-63(57)67-64)52-35-36-56-55-18-5-9-22-61(55)65(62(56)41-52)59-20-7-3-16-53(59)54-17-4-8-21-60(54)65/h1-41H. The number of benzene rings is 11. The molecule has 312 valence electrons. The van der Waals surface area contributed by atoms with Gasteiger partial charge in [0.1, 0.15) is 11.2 Å². The predicted octanol–water partition coefficient (Wildman–Crippen LogP) is 17.6. The van der Waals surface area contributed by atoms with E-state index in [2.05, 4.69) is 241 Å². The number of para-hydroxylation sites is 1. The van der Waals surface area contributed by atoms with Crippen LogP contribution >= 0.6 is 0 Å². The Kier molecular flexibility index (Phi) is 8.23. The maximum atomic E-state index is 6.24. The molecule has 67 heavy (non-hydrogen) atoms. The minimum Gasteiger partial charge on any atom is -0.456 e. The molecule has 0 saturated carbocycles. The third-order valence-corrected chi connectivity index (χ3v) is 14.5. The van der Waals surface area contributed by atoms with E-state index in [9.17, 15) is 0 Å². The lowest BCUT2D eigenvalue weighted by Gasteiger charge is -2.32. The molecule has 11 aromatic carbocycles. The quantitative estimate of drug-likeness (QED) is 0.166. The van der Waals surface area contributed by atoms with Crippen LogP contribution in [0.4, 0.5) is 17.1 Å². The summed E-state index contributed by atoms with van der Waals surface area (Å²) in [5.74, 6) is 0. The van der Waals surface area contributed by atoms with Crippen molar-refractivity contribution < 1.29 is 4.42 Å². The van der Waals surface area contributed by atoms with Crippen molar-refractivity contribution in [3.63, 3.8) is 0 Å². The first kappa shape index (κ1) is 37.6. The smallest absolute Gasteiger partial charge is 0.135 e. The second-order valence-electron chi connectivity index (χ2n) is 18.0. The van der Waals surface area contributed by atoms with Crippen molar-refractivity contribution in [3.8, 4) is 55.6 Å². The van der Waals surface area contributed by atoms with Crippen LogP contribution in [0.5, 0.6) is 0 Å². The predicted molar refractivity (Wildman–Crippen MR) is 279 cm³/mol. The van der Waals surface area contributed by atoms with Gasteiger partial charge in [0.15, 0.2) is 0 Å². The molecule has 2 heteroatoms. The number of hydrogen-bond acceptors (Lipinski definition) is 2. The Morgan fingerprint density at radius 1 is 0.269 bits per heavy atom. The Balaban J connectivity index is 0.914. The normalized spacial score (nSPS) is 12.9. The number of nitrogens with zero attached hydrogens (tertiary/aromatic N) is 1. The SMILES string of the molecule is c1cc(-c2ccc3oc4ccccc4c3c2)cc(N(c2ccc(-c3ccc(-c4ccc5ccccc5c4)cc3)cc2)c2ccc3c(c2)C2(c4ccccc4-c4ccccc42)c2ccccc2-3)c1. The molecular formula is C65H41NO. The molecule has 0 amide bonds. The Morgan fingerprint density at radius 2 is 0.761 bits per heavy atom. The summed E-state index contributed by atoms with van der Waals surface area (Å²) in [5, 5.41) is 4.76. The van der Waals surface area contributed by atoms with Crippen molar-refractivity contribution in [1.82, 2.24) is 0 Å². The van der Waals surface area contributed by atoms with Gasteiger partial charge in [-0.1, -0.05) is 188 Å². The van der Waals surface area contributed by atoms with Gasteiger partial charge >= 0.3 is 0 Å². The van der Waals surface area contributed by atoms with E-state index in [4.69, 9.17) is 4.42 Å². The lowest BCUT2D eigenvalue weighted by atomic mass is 9.70. The van der Waals surface area contributed by atoms with Gasteiger partial charge in [-0.2, -0.15) is 0 Å². The van der Waals surface area contributed by atoms with Gasteiger partial charge in [0.05, 0.1) is 5.41 Å². The summed E-state index contributed by atoms with van der Waals surface area (Å²) < 4.78 is 6.24. The molecule has 0 atom stereocenters. The summed E-state index contributed by atoms with van der Waals surface area (Å²) in [4.78, 5) is 2.44. The maximum absolute atomic E-state index is 6.24. The lowest BCUT2D eigenvalue weighted by Crippen LogP contribution is -2.26. The highest BCUT2D eigenvalue weighted by atomic mass is 16.3. The van der Waals surface area contributed by atoms with Gasteiger partial charge in [0.2, 0.25) is 0 Å². The topological polar surface area (TPSA) is 16.4 Å². The van der Waals surface area contributed by atoms with Crippen molar-refractivity contribution in [2.75, 3.05) is 4.90 Å². The second-order valence-corrected chi connectivity index (χ2v) is 18.0. The zero-order chi connectivity index (χ0) is 44.1. The second kappa shape index (κ2) is 14.7. The highest BCUT2D eigenvalue weighted by molar-refractivity contribution is 6.06. The van der Waals surface area contributed by atoms with Crippen LogP contribution in [0, 0.1) is 0 Å². The maximum Gasteiger partial charge on any atom is 0.135 e. The molecule has 1 aromatic heterocycles. The number of fused-ring (bicyclic) bond motifs is 14. The van der Waals surface area contributed by atoms with E-state index >= 15 is 0 Å².